The van der Waals surface area contributed by atoms with Crippen LogP contribution in [0, 0.1) is 0 Å². The molecule has 0 aromatic heterocycles. The highest BCUT2D eigenvalue weighted by Crippen LogP contribution is 2.12. The fourth-order valence-electron chi connectivity index (χ4n) is 1.82. The van der Waals surface area contributed by atoms with Crippen LogP contribution in [0.4, 0.5) is 0 Å². The molecule has 1 N–H and O–H groups in total. The minimum absolute atomic E-state index is 0.362. The van der Waals surface area contributed by atoms with E-state index >= 15 is 0 Å². The Kier molecular flexibility index (Phi) is 9.42. The Balaban J connectivity index is 3.25. The van der Waals surface area contributed by atoms with Gasteiger partial charge in [0.2, 0.25) is 0 Å². The van der Waals surface area contributed by atoms with Gasteiger partial charge in [0.15, 0.2) is 0 Å². The number of rotatable bonds is 9. The van der Waals surface area contributed by atoms with Crippen LogP contribution >= 0.6 is 0 Å². The van der Waals surface area contributed by atoms with Crippen molar-refractivity contribution in [1.82, 2.24) is 5.06 Å². The average Bonchev–Trinajstić information content (AvgIpc) is 2.16. The molecule has 0 amide bonds. The maximum Gasteiger partial charge on any atom is 0.0344 e. The molecule has 0 aliphatic carbocycles. The first-order valence-corrected chi connectivity index (χ1v) is 6.14. The lowest BCUT2D eigenvalue weighted by atomic mass is 10.0. The molecular formula is C12H27NO. The number of hydrogen-bond donors (Lipinski definition) is 1. The van der Waals surface area contributed by atoms with Crippen LogP contribution < -0.4 is 0 Å². The summed E-state index contributed by atoms with van der Waals surface area (Å²) in [5, 5.41) is 10.7. The summed E-state index contributed by atoms with van der Waals surface area (Å²) < 4.78 is 0. The van der Waals surface area contributed by atoms with Crippen LogP contribution in [-0.4, -0.2) is 23.4 Å². The van der Waals surface area contributed by atoms with E-state index in [-0.39, 0.29) is 0 Å². The van der Waals surface area contributed by atoms with Gasteiger partial charge in [-0.3, -0.25) is 0 Å². The lowest BCUT2D eigenvalue weighted by molar-refractivity contribution is -0.105. The molecule has 0 aromatic carbocycles. The zero-order chi connectivity index (χ0) is 10.8. The van der Waals surface area contributed by atoms with Crippen LogP contribution in [0.15, 0.2) is 0 Å². The smallest absolute Gasteiger partial charge is 0.0344 e. The largest absolute Gasteiger partial charge is 0.314 e. The van der Waals surface area contributed by atoms with Gasteiger partial charge in [0.05, 0.1) is 0 Å². The molecule has 1 unspecified atom stereocenters. The van der Waals surface area contributed by atoms with Crippen LogP contribution in [0.5, 0.6) is 0 Å². The van der Waals surface area contributed by atoms with Gasteiger partial charge in [-0.15, -0.1) is 0 Å². The summed E-state index contributed by atoms with van der Waals surface area (Å²) in [5.41, 5.74) is 0. The first-order chi connectivity index (χ1) is 6.72. The van der Waals surface area contributed by atoms with Gasteiger partial charge < -0.3 is 5.21 Å². The predicted molar refractivity (Wildman–Crippen MR) is 61.6 cm³/mol. The van der Waals surface area contributed by atoms with Gasteiger partial charge in [-0.2, -0.15) is 5.06 Å². The summed E-state index contributed by atoms with van der Waals surface area (Å²) in [6.45, 7) is 4.38. The van der Waals surface area contributed by atoms with E-state index in [9.17, 15) is 5.21 Å². The zero-order valence-corrected chi connectivity index (χ0v) is 10.1. The minimum Gasteiger partial charge on any atom is -0.314 e. The Labute approximate surface area is 89.3 Å². The van der Waals surface area contributed by atoms with Crippen molar-refractivity contribution in [3.63, 3.8) is 0 Å². The standard InChI is InChI=1S/C12H27NO/c1-4-6-7-8-9-10-11-12(5-2)13(3)14/h12,14H,4-11H2,1-3H3. The van der Waals surface area contributed by atoms with E-state index in [2.05, 4.69) is 13.8 Å². The van der Waals surface area contributed by atoms with Crippen molar-refractivity contribution in [3.8, 4) is 0 Å². The van der Waals surface area contributed by atoms with Gasteiger partial charge in [0, 0.05) is 13.1 Å². The van der Waals surface area contributed by atoms with Gasteiger partial charge in [0.25, 0.3) is 0 Å². The van der Waals surface area contributed by atoms with Crippen molar-refractivity contribution in [3.05, 3.63) is 0 Å². The summed E-state index contributed by atoms with van der Waals surface area (Å²) in [4.78, 5) is 0. The maximum atomic E-state index is 9.29. The second-order valence-electron chi connectivity index (χ2n) is 4.19. The number of nitrogens with zero attached hydrogens (tertiary/aromatic N) is 1. The van der Waals surface area contributed by atoms with Crippen molar-refractivity contribution in [2.75, 3.05) is 7.05 Å². The molecule has 0 radical (unpaired) electrons. The molecule has 0 saturated carbocycles. The minimum atomic E-state index is 0.362. The van der Waals surface area contributed by atoms with E-state index in [1.807, 2.05) is 0 Å². The summed E-state index contributed by atoms with van der Waals surface area (Å²) in [5.74, 6) is 0. The summed E-state index contributed by atoms with van der Waals surface area (Å²) in [6, 6.07) is 0.362. The van der Waals surface area contributed by atoms with Crippen LogP contribution in [0.25, 0.3) is 0 Å². The first kappa shape index (κ1) is 13.9. The van der Waals surface area contributed by atoms with Crippen LogP contribution in [0.3, 0.4) is 0 Å². The Morgan fingerprint density at radius 1 is 1.00 bits per heavy atom. The first-order valence-electron chi connectivity index (χ1n) is 6.14. The molecule has 2 nitrogen and oxygen atoms in total. The molecule has 86 valence electrons. The Morgan fingerprint density at radius 2 is 1.57 bits per heavy atom. The van der Waals surface area contributed by atoms with Crippen molar-refractivity contribution in [1.29, 1.82) is 0 Å². The quantitative estimate of drug-likeness (QED) is 0.452. The molecule has 0 heterocycles. The fraction of sp³-hybridized carbons (Fsp3) is 1.00. The van der Waals surface area contributed by atoms with Gasteiger partial charge in [-0.05, 0) is 12.8 Å². The van der Waals surface area contributed by atoms with Gasteiger partial charge >= 0.3 is 0 Å². The average molecular weight is 201 g/mol. The van der Waals surface area contributed by atoms with Crippen molar-refractivity contribution >= 4 is 0 Å². The van der Waals surface area contributed by atoms with E-state index in [1.165, 1.54) is 43.6 Å². The lowest BCUT2D eigenvalue weighted by Gasteiger charge is -2.20. The topological polar surface area (TPSA) is 23.5 Å². The highest BCUT2D eigenvalue weighted by molar-refractivity contribution is 4.60. The van der Waals surface area contributed by atoms with E-state index in [0.717, 1.165) is 12.8 Å². The molecule has 0 aliphatic rings. The monoisotopic (exact) mass is 201 g/mol. The highest BCUT2D eigenvalue weighted by atomic mass is 16.5. The predicted octanol–water partition coefficient (Wildman–Crippen LogP) is 3.84. The molecule has 0 aromatic rings. The SMILES string of the molecule is CCCCCCCCC(CC)N(C)O. The van der Waals surface area contributed by atoms with Crippen LogP contribution in [-0.2, 0) is 0 Å². The summed E-state index contributed by atoms with van der Waals surface area (Å²) in [6.07, 6.45) is 10.2. The number of unbranched alkanes of at least 4 members (excludes halogenated alkanes) is 5. The molecule has 0 bridgehead atoms. The Bertz CT molecular complexity index is 115. The molecule has 0 saturated heterocycles. The second kappa shape index (κ2) is 9.47. The third-order valence-corrected chi connectivity index (χ3v) is 2.89. The molecule has 0 rings (SSSR count). The lowest BCUT2D eigenvalue weighted by Crippen LogP contribution is -2.27. The zero-order valence-electron chi connectivity index (χ0n) is 10.1. The highest BCUT2D eigenvalue weighted by Gasteiger charge is 2.08. The fourth-order valence-corrected chi connectivity index (χ4v) is 1.82. The van der Waals surface area contributed by atoms with E-state index in [1.54, 1.807) is 7.05 Å². The molecule has 14 heavy (non-hydrogen) atoms. The van der Waals surface area contributed by atoms with Crippen LogP contribution in [0.1, 0.15) is 65.2 Å². The van der Waals surface area contributed by atoms with Crippen LogP contribution in [0.2, 0.25) is 0 Å². The third kappa shape index (κ3) is 7.34. The van der Waals surface area contributed by atoms with E-state index in [4.69, 9.17) is 0 Å². The van der Waals surface area contributed by atoms with E-state index in [0.29, 0.717) is 6.04 Å². The summed E-state index contributed by atoms with van der Waals surface area (Å²) >= 11 is 0. The Hall–Kier alpha value is -0.0800. The maximum absolute atomic E-state index is 9.29. The van der Waals surface area contributed by atoms with Gasteiger partial charge in [-0.25, -0.2) is 0 Å². The number of hydrogen-bond acceptors (Lipinski definition) is 2. The molecule has 0 spiro atoms. The van der Waals surface area contributed by atoms with Crippen molar-refractivity contribution < 1.29 is 5.21 Å². The molecule has 1 atom stereocenters. The van der Waals surface area contributed by atoms with Gasteiger partial charge in [0.1, 0.15) is 0 Å². The molecule has 2 heteroatoms. The molecule has 0 fully saturated rings. The van der Waals surface area contributed by atoms with Crippen molar-refractivity contribution in [2.45, 2.75) is 71.3 Å². The molecular weight excluding hydrogens is 174 g/mol. The number of hydroxylamine groups is 2. The third-order valence-electron chi connectivity index (χ3n) is 2.89. The normalized spacial score (nSPS) is 13.5. The second-order valence-corrected chi connectivity index (χ2v) is 4.19. The molecule has 0 aliphatic heterocycles. The summed E-state index contributed by atoms with van der Waals surface area (Å²) in [7, 11) is 1.76. The van der Waals surface area contributed by atoms with Gasteiger partial charge in [-0.1, -0.05) is 52.4 Å². The van der Waals surface area contributed by atoms with Crippen molar-refractivity contribution in [2.24, 2.45) is 0 Å². The Morgan fingerprint density at radius 3 is 2.07 bits per heavy atom. The van der Waals surface area contributed by atoms with E-state index < -0.39 is 0 Å².